The maximum Gasteiger partial charge on any atom is 0.255 e. The van der Waals surface area contributed by atoms with Gasteiger partial charge in [-0.05, 0) is 105 Å². The van der Waals surface area contributed by atoms with Crippen molar-refractivity contribution in [1.29, 1.82) is 0 Å². The predicted octanol–water partition coefficient (Wildman–Crippen LogP) is 6.41. The zero-order valence-corrected chi connectivity index (χ0v) is 24.6. The van der Waals surface area contributed by atoms with E-state index in [0.29, 0.717) is 45.0 Å². The highest BCUT2D eigenvalue weighted by molar-refractivity contribution is 6.12. The molecule has 2 N–H and O–H groups in total. The largest absolute Gasteiger partial charge is 0.496 e. The van der Waals surface area contributed by atoms with E-state index in [2.05, 4.69) is 20.6 Å². The zero-order chi connectivity index (χ0) is 30.5. The quantitative estimate of drug-likeness (QED) is 0.231. The third-order valence-electron chi connectivity index (χ3n) is 7.86. The van der Waals surface area contributed by atoms with Gasteiger partial charge in [-0.1, -0.05) is 6.07 Å². The highest BCUT2D eigenvalue weighted by Gasteiger charge is 2.49. The van der Waals surface area contributed by atoms with Crippen molar-refractivity contribution in [3.63, 3.8) is 0 Å². The molecule has 0 unspecified atom stereocenters. The molecule has 0 bridgehead atoms. The summed E-state index contributed by atoms with van der Waals surface area (Å²) >= 11 is 0. The van der Waals surface area contributed by atoms with Gasteiger partial charge >= 0.3 is 0 Å². The lowest BCUT2D eigenvalue weighted by Crippen LogP contribution is -2.36. The zero-order valence-electron chi connectivity index (χ0n) is 24.6. The Bertz CT molecular complexity index is 1890. The Morgan fingerprint density at radius 1 is 0.907 bits per heavy atom. The summed E-state index contributed by atoms with van der Waals surface area (Å²) in [5, 5.41) is 6.46. The number of hydrogen-bond acceptors (Lipinski definition) is 6. The van der Waals surface area contributed by atoms with Crippen molar-refractivity contribution < 1.29 is 23.1 Å². The lowest BCUT2D eigenvalue weighted by Gasteiger charge is -2.19. The molecular weight excluding hydrogens is 547 g/mol. The topological polar surface area (TPSA) is 106 Å². The molecule has 2 aromatic heterocycles. The first-order valence-corrected chi connectivity index (χ1v) is 14.0. The van der Waals surface area contributed by atoms with E-state index >= 15 is 0 Å². The van der Waals surface area contributed by atoms with Crippen LogP contribution in [-0.2, 0) is 5.54 Å². The number of halogens is 1. The Kier molecular flexibility index (Phi) is 6.96. The highest BCUT2D eigenvalue weighted by Crippen LogP contribution is 2.45. The molecule has 43 heavy (non-hydrogen) atoms. The molecule has 1 fully saturated rings. The van der Waals surface area contributed by atoms with Crippen molar-refractivity contribution in [2.24, 2.45) is 0 Å². The maximum absolute atomic E-state index is 13.8. The van der Waals surface area contributed by atoms with Crippen molar-refractivity contribution in [3.8, 4) is 28.2 Å². The minimum atomic E-state index is -0.612. The van der Waals surface area contributed by atoms with Gasteiger partial charge in [-0.2, -0.15) is 0 Å². The molecule has 3 aromatic carbocycles. The average Bonchev–Trinajstić information content (AvgIpc) is 3.67. The van der Waals surface area contributed by atoms with E-state index in [1.54, 1.807) is 25.2 Å². The van der Waals surface area contributed by atoms with Gasteiger partial charge in [0.05, 0.1) is 18.2 Å². The summed E-state index contributed by atoms with van der Waals surface area (Å²) in [7, 11) is 3.09. The number of benzene rings is 3. The number of furan rings is 1. The number of aromatic nitrogens is 2. The molecule has 2 heterocycles. The summed E-state index contributed by atoms with van der Waals surface area (Å²) in [4.78, 5) is 36.0. The molecule has 0 saturated heterocycles. The molecule has 2 amide bonds. The van der Waals surface area contributed by atoms with Crippen LogP contribution in [0.15, 0.2) is 65.1 Å². The van der Waals surface area contributed by atoms with Crippen molar-refractivity contribution >= 4 is 22.8 Å². The van der Waals surface area contributed by atoms with E-state index < -0.39 is 5.54 Å². The predicted molar refractivity (Wildman–Crippen MR) is 162 cm³/mol. The third kappa shape index (κ3) is 5.11. The summed E-state index contributed by atoms with van der Waals surface area (Å²) in [5.41, 5.74) is 5.38. The number of amides is 2. The summed E-state index contributed by atoms with van der Waals surface area (Å²) in [6.45, 7) is 5.77. The van der Waals surface area contributed by atoms with Crippen LogP contribution in [0.4, 0.5) is 4.39 Å². The second-order valence-corrected chi connectivity index (χ2v) is 11.0. The Balaban J connectivity index is 1.42. The van der Waals surface area contributed by atoms with Crippen molar-refractivity contribution in [1.82, 2.24) is 20.6 Å². The Morgan fingerprint density at radius 3 is 2.21 bits per heavy atom. The van der Waals surface area contributed by atoms with Crippen LogP contribution in [0.25, 0.3) is 33.4 Å². The molecule has 8 nitrogen and oxygen atoms in total. The van der Waals surface area contributed by atoms with Crippen molar-refractivity contribution in [2.75, 3.05) is 14.2 Å². The van der Waals surface area contributed by atoms with E-state index in [-0.39, 0.29) is 17.6 Å². The van der Waals surface area contributed by atoms with Crippen LogP contribution >= 0.6 is 0 Å². The fourth-order valence-corrected chi connectivity index (χ4v) is 5.51. The number of rotatable bonds is 7. The number of carbonyl (C=O) groups is 2. The molecule has 1 aliphatic rings. The second kappa shape index (κ2) is 10.7. The van der Waals surface area contributed by atoms with Gasteiger partial charge in [-0.25, -0.2) is 14.4 Å². The van der Waals surface area contributed by atoms with Gasteiger partial charge in [0, 0.05) is 29.4 Å². The van der Waals surface area contributed by atoms with Gasteiger partial charge < -0.3 is 19.8 Å². The van der Waals surface area contributed by atoms with Gasteiger partial charge in [-0.3, -0.25) is 9.59 Å². The molecule has 0 atom stereocenters. The number of nitrogens with zero attached hydrogens (tertiary/aromatic N) is 2. The first kappa shape index (κ1) is 28.1. The molecular formula is C34H31FN4O4. The molecule has 0 spiro atoms. The molecule has 5 aromatic rings. The molecule has 0 radical (unpaired) electrons. The average molecular weight is 579 g/mol. The van der Waals surface area contributed by atoms with Crippen LogP contribution in [0, 0.1) is 26.6 Å². The minimum absolute atomic E-state index is 0.285. The van der Waals surface area contributed by atoms with E-state index in [1.165, 1.54) is 19.2 Å². The smallest absolute Gasteiger partial charge is 0.255 e. The van der Waals surface area contributed by atoms with Crippen LogP contribution in [0.5, 0.6) is 5.75 Å². The third-order valence-corrected chi connectivity index (χ3v) is 7.86. The molecule has 6 rings (SSSR count). The van der Waals surface area contributed by atoms with Crippen LogP contribution in [0.1, 0.15) is 56.3 Å². The van der Waals surface area contributed by atoms with Gasteiger partial charge in [0.2, 0.25) is 0 Å². The van der Waals surface area contributed by atoms with Crippen molar-refractivity contribution in [3.05, 3.63) is 100 Å². The molecule has 9 heteroatoms. The number of methoxy groups -OCH3 is 1. The number of nitrogens with one attached hydrogen (secondary N) is 2. The maximum atomic E-state index is 13.8. The number of carbonyl (C=O) groups excluding carboxylic acids is 2. The lowest BCUT2D eigenvalue weighted by atomic mass is 9.95. The summed E-state index contributed by atoms with van der Waals surface area (Å²) in [6, 6.07) is 16.9. The summed E-state index contributed by atoms with van der Waals surface area (Å²) in [6.07, 6.45) is 1.50. The molecule has 1 saturated carbocycles. The first-order valence-electron chi connectivity index (χ1n) is 14.0. The summed E-state index contributed by atoms with van der Waals surface area (Å²) in [5.74, 6) is 0.421. The Morgan fingerprint density at radius 2 is 1.58 bits per heavy atom. The lowest BCUT2D eigenvalue weighted by molar-refractivity contribution is 0.0923. The van der Waals surface area contributed by atoms with Crippen LogP contribution in [-0.4, -0.2) is 35.9 Å². The molecule has 218 valence electrons. The van der Waals surface area contributed by atoms with Crippen molar-refractivity contribution in [2.45, 2.75) is 39.2 Å². The van der Waals surface area contributed by atoms with Crippen LogP contribution < -0.4 is 15.4 Å². The number of hydrogen-bond donors (Lipinski definition) is 2. The number of fused-ring (bicyclic) bond motifs is 1. The minimum Gasteiger partial charge on any atom is -0.496 e. The van der Waals surface area contributed by atoms with E-state index in [0.717, 1.165) is 40.9 Å². The van der Waals surface area contributed by atoms with E-state index in [9.17, 15) is 14.0 Å². The van der Waals surface area contributed by atoms with E-state index in [1.807, 2.05) is 51.1 Å². The van der Waals surface area contributed by atoms with Crippen LogP contribution in [0.2, 0.25) is 0 Å². The normalized spacial score (nSPS) is 13.5. The highest BCUT2D eigenvalue weighted by atomic mass is 19.1. The van der Waals surface area contributed by atoms with Gasteiger partial charge in [0.15, 0.2) is 5.82 Å². The first-order chi connectivity index (χ1) is 20.6. The molecule has 0 aliphatic heterocycles. The number of ether oxygens (including phenoxy) is 1. The van der Waals surface area contributed by atoms with Crippen LogP contribution in [0.3, 0.4) is 0 Å². The van der Waals surface area contributed by atoms with Gasteiger partial charge in [0.1, 0.15) is 28.4 Å². The number of aryl methyl sites for hydroxylation is 3. The Labute approximate surface area is 248 Å². The second-order valence-electron chi connectivity index (χ2n) is 11.0. The fourth-order valence-electron chi connectivity index (χ4n) is 5.51. The SMILES string of the molecule is CNC(=O)c1c(-c2ccc(F)cc2)oc2ccc(-c3cc(C(=O)NC4(c5nc(C)cc(C)n5)CC4)c(OC)cc3C)cc12. The van der Waals surface area contributed by atoms with Gasteiger partial charge in [0.25, 0.3) is 11.8 Å². The fraction of sp³-hybridized carbons (Fsp3) is 0.235. The molecule has 1 aliphatic carbocycles. The Hall–Kier alpha value is -5.05. The van der Waals surface area contributed by atoms with E-state index in [4.69, 9.17) is 9.15 Å². The van der Waals surface area contributed by atoms with Gasteiger partial charge in [-0.15, -0.1) is 0 Å². The standard InChI is InChI=1S/C34H31FN4O4/c1-18-14-28(42-5)26(31(40)39-34(12-13-34)33-37-19(2)15-20(3)38-33)17-24(18)22-8-11-27-25(16-22)29(32(41)36-4)30(43-27)21-6-9-23(35)10-7-21/h6-11,14-17H,12-13H2,1-5H3,(H,36,41)(H,39,40). The monoisotopic (exact) mass is 578 g/mol. The summed E-state index contributed by atoms with van der Waals surface area (Å²) < 4.78 is 25.3.